The van der Waals surface area contributed by atoms with Crippen LogP contribution in [0.3, 0.4) is 0 Å². The van der Waals surface area contributed by atoms with E-state index >= 15 is 0 Å². The first-order chi connectivity index (χ1) is 4.27. The van der Waals surface area contributed by atoms with E-state index in [9.17, 15) is 0 Å². The van der Waals surface area contributed by atoms with Gasteiger partial charge in [0.15, 0.2) is 0 Å². The van der Waals surface area contributed by atoms with Crippen LogP contribution in [-0.4, -0.2) is 46.2 Å². The van der Waals surface area contributed by atoms with Gasteiger partial charge in [0.05, 0.1) is 0 Å². The first kappa shape index (κ1) is 17.5. The molecule has 0 unspecified atom stereocenters. The van der Waals surface area contributed by atoms with E-state index in [1.54, 1.807) is 0 Å². The third-order valence-electron chi connectivity index (χ3n) is 0.135. The normalized spacial score (nSPS) is 8.82. The van der Waals surface area contributed by atoms with E-state index in [1.807, 2.05) is 0 Å². The number of hydrogen-bond donors (Lipinski definition) is 5. The molecule has 0 aliphatic carbocycles. The maximum absolute atomic E-state index is 9.12. The molecule has 9 heteroatoms. The minimum absolute atomic E-state index is 0. The molecule has 0 rings (SSSR count). The molecule has 0 spiro atoms. The molecule has 11 heavy (non-hydrogen) atoms. The molecule has 0 aromatic rings. The quantitative estimate of drug-likeness (QED) is 0.261. The minimum atomic E-state index is -4.86. The molecule has 0 saturated carbocycles. The van der Waals surface area contributed by atoms with E-state index in [-0.39, 0.29) is 29.6 Å². The van der Waals surface area contributed by atoms with E-state index in [0.717, 1.165) is 0 Å². The van der Waals surface area contributed by atoms with Crippen LogP contribution >= 0.6 is 0 Å². The van der Waals surface area contributed by atoms with Crippen molar-refractivity contribution >= 4 is 15.0 Å². The van der Waals surface area contributed by atoms with Gasteiger partial charge in [-0.3, -0.25) is 0 Å². The molecule has 0 aromatic heterocycles. The summed E-state index contributed by atoms with van der Waals surface area (Å²) in [5.41, 5.74) is 0. The molecular weight excluding hydrogens is 187 g/mol. The van der Waals surface area contributed by atoms with Gasteiger partial charge in [-0.05, 0) is 0 Å². The zero-order valence-electron chi connectivity index (χ0n) is 5.76. The number of carboxylic acids is 1. The fourth-order valence-corrected chi connectivity index (χ4v) is 0. The van der Waals surface area contributed by atoms with Gasteiger partial charge in [-0.1, -0.05) is 0 Å². The van der Waals surface area contributed by atoms with Crippen molar-refractivity contribution in [1.29, 1.82) is 0 Å². The summed E-state index contributed by atoms with van der Waals surface area (Å²) in [6, 6.07) is 0. The summed E-state index contributed by atoms with van der Waals surface area (Å²) >= 11 is 0. The Morgan fingerprint density at radius 3 is 1.45 bits per heavy atom. The van der Waals surface area contributed by atoms with E-state index in [0.29, 0.717) is 0 Å². The molecule has 0 atom stereocenters. The molecule has 0 bridgehead atoms. The number of carbonyl (C=O) groups is 1. The molecular formula is C2H7NaO7Si. The van der Waals surface area contributed by atoms with E-state index in [4.69, 9.17) is 34.2 Å². The zero-order chi connectivity index (χ0) is 8.78. The maximum atomic E-state index is 9.12. The summed E-state index contributed by atoms with van der Waals surface area (Å²) in [5, 5.41) is 15.0. The smallest absolute Gasteiger partial charge is 0.794 e. The van der Waals surface area contributed by atoms with Crippen LogP contribution in [0.5, 0.6) is 0 Å². The van der Waals surface area contributed by atoms with Crippen LogP contribution in [0.4, 0.5) is 0 Å². The van der Waals surface area contributed by atoms with Crippen LogP contribution in [0.15, 0.2) is 0 Å². The second-order valence-corrected chi connectivity index (χ2v) is 2.27. The monoisotopic (exact) mass is 194 g/mol. The Bertz CT molecular complexity index is 93.1. The molecule has 7 nitrogen and oxygen atoms in total. The summed E-state index contributed by atoms with van der Waals surface area (Å²) in [6.45, 7) is -0.778. The Labute approximate surface area is 85.3 Å². The van der Waals surface area contributed by atoms with Gasteiger partial charge in [0.2, 0.25) is 0 Å². The predicted octanol–water partition coefficient (Wildman–Crippen LogP) is -7.17. The van der Waals surface area contributed by atoms with Gasteiger partial charge in [0, 0.05) is 0 Å². The average molecular weight is 194 g/mol. The predicted molar refractivity (Wildman–Crippen MR) is 27.1 cm³/mol. The summed E-state index contributed by atoms with van der Waals surface area (Å²) in [4.78, 5) is 39.7. The van der Waals surface area contributed by atoms with Crippen LogP contribution in [0, 0.1) is 0 Å². The van der Waals surface area contributed by atoms with E-state index in [1.165, 1.54) is 0 Å². The first-order valence-electron chi connectivity index (χ1n) is 1.97. The molecule has 0 saturated heterocycles. The van der Waals surface area contributed by atoms with Crippen molar-refractivity contribution < 1.29 is 63.7 Å². The fourth-order valence-electron chi connectivity index (χ4n) is 0. The largest absolute Gasteiger partial charge is 1.00 e. The molecule has 0 amide bonds. The molecule has 0 aliphatic rings. The van der Waals surface area contributed by atoms with Gasteiger partial charge in [0.1, 0.15) is 6.61 Å². The molecule has 0 fully saturated rings. The van der Waals surface area contributed by atoms with Crippen LogP contribution in [-0.2, 0) is 4.79 Å². The van der Waals surface area contributed by atoms with Gasteiger partial charge in [-0.15, -0.1) is 0 Å². The topological polar surface area (TPSA) is 141 Å². The SMILES string of the molecule is O=C(O)CO.[Na+].[O-][Si](O)(O)O. The summed E-state index contributed by atoms with van der Waals surface area (Å²) in [6.07, 6.45) is 0. The Hall–Kier alpha value is 0.487. The molecule has 62 valence electrons. The maximum Gasteiger partial charge on any atom is 1.00 e. The number of aliphatic hydroxyl groups excluding tert-OH is 1. The van der Waals surface area contributed by atoms with Crippen LogP contribution in [0.2, 0.25) is 0 Å². The molecule has 0 aliphatic heterocycles. The summed E-state index contributed by atoms with van der Waals surface area (Å²) in [7, 11) is -4.86. The van der Waals surface area contributed by atoms with Crippen molar-refractivity contribution in [3.63, 3.8) is 0 Å². The fraction of sp³-hybridized carbons (Fsp3) is 0.500. The second kappa shape index (κ2) is 8.58. The summed E-state index contributed by atoms with van der Waals surface area (Å²) < 4.78 is 0. The average Bonchev–Trinajstić information content (AvgIpc) is 1.61. The minimum Gasteiger partial charge on any atom is -0.794 e. The number of aliphatic hydroxyl groups is 1. The molecule has 0 aromatic carbocycles. The van der Waals surface area contributed by atoms with Crippen molar-refractivity contribution in [2.75, 3.05) is 6.61 Å². The number of rotatable bonds is 1. The van der Waals surface area contributed by atoms with Crippen LogP contribution in [0.25, 0.3) is 0 Å². The van der Waals surface area contributed by atoms with Gasteiger partial charge < -0.3 is 29.4 Å². The second-order valence-electron chi connectivity index (χ2n) is 1.13. The number of aliphatic carboxylic acids is 1. The third kappa shape index (κ3) is 122. The van der Waals surface area contributed by atoms with Gasteiger partial charge in [-0.2, -0.15) is 0 Å². The van der Waals surface area contributed by atoms with Gasteiger partial charge >= 0.3 is 44.6 Å². The standard InChI is InChI=1S/C2H4O3.Na.H3O4Si/c3-1-2(4)5;;1-5(2,3)4/h3H,1H2,(H,4,5);;1-3H/q;+1;-1. The van der Waals surface area contributed by atoms with Crippen molar-refractivity contribution in [3.8, 4) is 0 Å². The van der Waals surface area contributed by atoms with Crippen molar-refractivity contribution in [3.05, 3.63) is 0 Å². The Morgan fingerprint density at radius 2 is 1.45 bits per heavy atom. The Balaban J connectivity index is -0.000000107. The van der Waals surface area contributed by atoms with Gasteiger partial charge in [-0.25, -0.2) is 4.79 Å². The van der Waals surface area contributed by atoms with E-state index < -0.39 is 21.6 Å². The Kier molecular flexibility index (Phi) is 13.7. The zero-order valence-corrected chi connectivity index (χ0v) is 8.76. The van der Waals surface area contributed by atoms with Crippen LogP contribution in [0.1, 0.15) is 0 Å². The molecule has 0 heterocycles. The Morgan fingerprint density at radius 1 is 1.36 bits per heavy atom. The van der Waals surface area contributed by atoms with Gasteiger partial charge in [0.25, 0.3) is 0 Å². The van der Waals surface area contributed by atoms with Crippen molar-refractivity contribution in [2.24, 2.45) is 0 Å². The summed E-state index contributed by atoms with van der Waals surface area (Å²) in [5.74, 6) is -1.19. The van der Waals surface area contributed by atoms with Crippen LogP contribution < -0.4 is 34.4 Å². The molecule has 5 N–H and O–H groups in total. The van der Waals surface area contributed by atoms with E-state index in [2.05, 4.69) is 0 Å². The first-order valence-corrected chi connectivity index (χ1v) is 3.72. The van der Waals surface area contributed by atoms with Crippen molar-refractivity contribution in [1.82, 2.24) is 0 Å². The number of carboxylic acid groups (broad SMARTS) is 1. The third-order valence-corrected chi connectivity index (χ3v) is 0.135. The molecule has 0 radical (unpaired) electrons. The number of hydrogen-bond acceptors (Lipinski definition) is 6. The van der Waals surface area contributed by atoms with Crippen molar-refractivity contribution in [2.45, 2.75) is 0 Å².